The Hall–Kier alpha value is -3.93. The lowest BCUT2D eigenvalue weighted by molar-refractivity contribution is -0.123. The first-order valence-electron chi connectivity index (χ1n) is 14.3. The van der Waals surface area contributed by atoms with E-state index in [2.05, 4.69) is 10.6 Å². The highest BCUT2D eigenvalue weighted by molar-refractivity contribution is 7.89. The van der Waals surface area contributed by atoms with Crippen molar-refractivity contribution in [1.82, 2.24) is 14.9 Å². The topological polar surface area (TPSA) is 151 Å². The molecule has 10 nitrogen and oxygen atoms in total. The lowest BCUT2D eigenvalue weighted by Gasteiger charge is -2.31. The molecule has 0 fully saturated rings. The molecular weight excluding hydrogens is 568 g/mol. The van der Waals surface area contributed by atoms with Gasteiger partial charge in [0.15, 0.2) is 0 Å². The summed E-state index contributed by atoms with van der Waals surface area (Å²) in [5, 5.41) is 15.7. The van der Waals surface area contributed by atoms with E-state index in [9.17, 15) is 23.1 Å². The van der Waals surface area contributed by atoms with Crippen molar-refractivity contribution in [3.63, 3.8) is 0 Å². The van der Waals surface area contributed by atoms with Crippen LogP contribution in [0.1, 0.15) is 32.3 Å². The minimum absolute atomic E-state index is 0.0150. The van der Waals surface area contributed by atoms with E-state index in [1.807, 2.05) is 68.4 Å². The fourth-order valence-corrected chi connectivity index (χ4v) is 6.62. The van der Waals surface area contributed by atoms with Crippen LogP contribution in [0.4, 0.5) is 10.5 Å². The fourth-order valence-electron chi connectivity index (χ4n) is 4.81. The molecule has 0 heterocycles. The van der Waals surface area contributed by atoms with Crippen molar-refractivity contribution in [3.05, 3.63) is 84.4 Å². The second kappa shape index (κ2) is 16.1. The number of hydrogen-bond acceptors (Lipinski definition) is 7. The van der Waals surface area contributed by atoms with Crippen LogP contribution < -0.4 is 16.4 Å². The number of anilines is 1. The molecule has 0 spiro atoms. The molecule has 2 atom stereocenters. The number of aliphatic hydroxyl groups is 1. The molecule has 0 aromatic heterocycles. The van der Waals surface area contributed by atoms with Gasteiger partial charge in [0.25, 0.3) is 0 Å². The van der Waals surface area contributed by atoms with Crippen LogP contribution in [-0.4, -0.2) is 68.7 Å². The monoisotopic (exact) mass is 610 g/mol. The zero-order valence-electron chi connectivity index (χ0n) is 24.9. The molecule has 232 valence electrons. The van der Waals surface area contributed by atoms with Crippen LogP contribution in [0.25, 0.3) is 11.1 Å². The van der Waals surface area contributed by atoms with Crippen LogP contribution in [0.15, 0.2) is 83.8 Å². The Morgan fingerprint density at radius 3 is 2.26 bits per heavy atom. The number of rotatable bonds is 15. The molecule has 2 unspecified atom stereocenters. The molecule has 0 aliphatic rings. The number of hydrogen-bond donors (Lipinski definition) is 4. The van der Waals surface area contributed by atoms with Crippen molar-refractivity contribution in [2.75, 3.05) is 32.5 Å². The molecule has 0 saturated heterocycles. The summed E-state index contributed by atoms with van der Waals surface area (Å²) in [7, 11) is -2.67. The van der Waals surface area contributed by atoms with Gasteiger partial charge in [-0.15, -0.1) is 0 Å². The van der Waals surface area contributed by atoms with Gasteiger partial charge in [0.2, 0.25) is 15.9 Å². The van der Waals surface area contributed by atoms with Gasteiger partial charge in [-0.1, -0.05) is 68.4 Å². The Balaban J connectivity index is 1.69. The summed E-state index contributed by atoms with van der Waals surface area (Å²) in [4.78, 5) is 25.5. The smallest absolute Gasteiger partial charge is 0.407 e. The van der Waals surface area contributed by atoms with Gasteiger partial charge in [-0.05, 0) is 59.7 Å². The number of nitrogen functional groups attached to an aromatic ring is 1. The van der Waals surface area contributed by atoms with Crippen LogP contribution in [-0.2, 0) is 26.0 Å². The average Bonchev–Trinajstić information content (AvgIpc) is 3.00. The number of ether oxygens (including phenoxy) is 1. The first kappa shape index (κ1) is 33.6. The standard InChI is InChI=1S/C32H42N4O6S/c1-23(2)21-36(43(40,41)28-17-15-26(33)16-18-28)27(22-37)13-9-19-34-31(38)30(35-32(39)42-3)20-25-12-7-8-14-29(25)24-10-5-4-6-11-24/h4-8,10-12,14-18,23,27,30,37H,9,13,19-22,33H2,1-3H3,(H,34,38)(H,35,39). The summed E-state index contributed by atoms with van der Waals surface area (Å²) in [6.07, 6.45) is 0.209. The molecule has 5 N–H and O–H groups in total. The van der Waals surface area contributed by atoms with Crippen molar-refractivity contribution < 1.29 is 27.9 Å². The first-order chi connectivity index (χ1) is 20.6. The maximum absolute atomic E-state index is 13.5. The summed E-state index contributed by atoms with van der Waals surface area (Å²) in [5.41, 5.74) is 9.01. The normalized spacial score (nSPS) is 13.0. The number of sulfonamides is 1. The SMILES string of the molecule is COC(=O)NC(Cc1ccccc1-c1ccccc1)C(=O)NCCCC(CO)N(CC(C)C)S(=O)(=O)c1ccc(N)cc1. The van der Waals surface area contributed by atoms with Gasteiger partial charge >= 0.3 is 6.09 Å². The summed E-state index contributed by atoms with van der Waals surface area (Å²) in [6, 6.07) is 21.8. The van der Waals surface area contributed by atoms with E-state index in [-0.39, 0.29) is 36.9 Å². The summed E-state index contributed by atoms with van der Waals surface area (Å²) < 4.78 is 33.1. The number of benzene rings is 3. The zero-order valence-corrected chi connectivity index (χ0v) is 25.7. The lowest BCUT2D eigenvalue weighted by atomic mass is 9.95. The van der Waals surface area contributed by atoms with Crippen molar-refractivity contribution >= 4 is 27.7 Å². The molecule has 0 aliphatic heterocycles. The maximum atomic E-state index is 13.5. The number of nitrogens with two attached hydrogens (primary N) is 1. The number of nitrogens with zero attached hydrogens (tertiary/aromatic N) is 1. The summed E-state index contributed by atoms with van der Waals surface area (Å²) >= 11 is 0. The third kappa shape index (κ3) is 9.54. The molecule has 3 rings (SSSR count). The van der Waals surface area contributed by atoms with E-state index >= 15 is 0 Å². The van der Waals surface area contributed by atoms with Gasteiger partial charge < -0.3 is 26.2 Å². The van der Waals surface area contributed by atoms with E-state index < -0.39 is 34.1 Å². The Morgan fingerprint density at radius 2 is 1.63 bits per heavy atom. The van der Waals surface area contributed by atoms with Gasteiger partial charge in [-0.25, -0.2) is 13.2 Å². The molecule has 2 amide bonds. The van der Waals surface area contributed by atoms with Gasteiger partial charge in [0, 0.05) is 31.2 Å². The maximum Gasteiger partial charge on any atom is 0.407 e. The van der Waals surface area contributed by atoms with Crippen molar-refractivity contribution in [2.45, 2.75) is 50.1 Å². The molecule has 3 aromatic rings. The molecule has 43 heavy (non-hydrogen) atoms. The van der Waals surface area contributed by atoms with Crippen LogP contribution in [0.5, 0.6) is 0 Å². The Kier molecular flexibility index (Phi) is 12.5. The average molecular weight is 611 g/mol. The first-order valence-corrected chi connectivity index (χ1v) is 15.7. The third-order valence-corrected chi connectivity index (χ3v) is 8.92. The van der Waals surface area contributed by atoms with Gasteiger partial charge in [-0.3, -0.25) is 4.79 Å². The highest BCUT2D eigenvalue weighted by atomic mass is 32.2. The van der Waals surface area contributed by atoms with E-state index in [1.165, 1.54) is 35.7 Å². The molecule has 3 aromatic carbocycles. The largest absolute Gasteiger partial charge is 0.453 e. The van der Waals surface area contributed by atoms with Crippen LogP contribution >= 0.6 is 0 Å². The molecule has 0 aliphatic carbocycles. The van der Waals surface area contributed by atoms with Gasteiger partial charge in [0.05, 0.1) is 18.6 Å². The van der Waals surface area contributed by atoms with Crippen LogP contribution in [0.3, 0.4) is 0 Å². The zero-order chi connectivity index (χ0) is 31.4. The van der Waals surface area contributed by atoms with Gasteiger partial charge in [0.1, 0.15) is 6.04 Å². The van der Waals surface area contributed by atoms with E-state index in [0.717, 1.165) is 16.7 Å². The molecule has 11 heteroatoms. The minimum atomic E-state index is -3.90. The number of carbonyl (C=O) groups excluding carboxylic acids is 2. The number of amides is 2. The quantitative estimate of drug-likeness (QED) is 0.151. The molecule has 0 radical (unpaired) electrons. The Bertz CT molecular complexity index is 1430. The number of alkyl carbamates (subject to hydrolysis) is 1. The molecule has 0 bridgehead atoms. The Morgan fingerprint density at radius 1 is 0.977 bits per heavy atom. The fraction of sp³-hybridized carbons (Fsp3) is 0.375. The predicted molar refractivity (Wildman–Crippen MR) is 168 cm³/mol. The van der Waals surface area contributed by atoms with Crippen molar-refractivity contribution in [2.24, 2.45) is 5.92 Å². The van der Waals surface area contributed by atoms with E-state index in [4.69, 9.17) is 10.5 Å². The second-order valence-corrected chi connectivity index (χ2v) is 12.6. The highest BCUT2D eigenvalue weighted by Crippen LogP contribution is 2.25. The lowest BCUT2D eigenvalue weighted by Crippen LogP contribution is -2.48. The second-order valence-electron chi connectivity index (χ2n) is 10.7. The number of nitrogens with one attached hydrogen (secondary N) is 2. The minimum Gasteiger partial charge on any atom is -0.453 e. The van der Waals surface area contributed by atoms with Crippen LogP contribution in [0, 0.1) is 5.92 Å². The Labute approximate surface area is 254 Å². The van der Waals surface area contributed by atoms with E-state index in [1.54, 1.807) is 0 Å². The van der Waals surface area contributed by atoms with Gasteiger partial charge in [-0.2, -0.15) is 4.31 Å². The number of aliphatic hydroxyl groups excluding tert-OH is 1. The highest BCUT2D eigenvalue weighted by Gasteiger charge is 2.31. The third-order valence-electron chi connectivity index (χ3n) is 6.98. The summed E-state index contributed by atoms with van der Waals surface area (Å²) in [6.45, 7) is 3.87. The van der Waals surface area contributed by atoms with Crippen molar-refractivity contribution in [3.8, 4) is 11.1 Å². The number of methoxy groups -OCH3 is 1. The number of carbonyl (C=O) groups is 2. The summed E-state index contributed by atoms with van der Waals surface area (Å²) in [5.74, 6) is -0.386. The van der Waals surface area contributed by atoms with Crippen LogP contribution in [0.2, 0.25) is 0 Å². The predicted octanol–water partition coefficient (Wildman–Crippen LogP) is 3.81. The molecule has 0 saturated carbocycles. The van der Waals surface area contributed by atoms with Crippen molar-refractivity contribution in [1.29, 1.82) is 0 Å². The molecular formula is C32H42N4O6S. The van der Waals surface area contributed by atoms with E-state index in [0.29, 0.717) is 18.5 Å².